The van der Waals surface area contributed by atoms with Gasteiger partial charge in [0, 0.05) is 11.5 Å². The van der Waals surface area contributed by atoms with Crippen molar-refractivity contribution < 1.29 is 33.2 Å². The van der Waals surface area contributed by atoms with E-state index in [1.165, 1.54) is 0 Å². The molecule has 2 aliphatic rings. The van der Waals surface area contributed by atoms with Gasteiger partial charge in [0.2, 0.25) is 0 Å². The zero-order valence-corrected chi connectivity index (χ0v) is 16.7. The van der Waals surface area contributed by atoms with E-state index in [-0.39, 0.29) is 24.4 Å². The van der Waals surface area contributed by atoms with Crippen LogP contribution in [0.25, 0.3) is 10.4 Å². The Kier molecular flexibility index (Phi) is 10.4. The molecule has 0 aliphatic carbocycles. The molecule has 0 bridgehead atoms. The third-order valence-electron chi connectivity index (χ3n) is 4.25. The highest BCUT2D eigenvalue weighted by atomic mass is 16.8. The first kappa shape index (κ1) is 23.3. The number of rotatable bonds is 14. The maximum atomic E-state index is 8.11. The van der Waals surface area contributed by atoms with E-state index in [2.05, 4.69) is 10.0 Å². The Morgan fingerprint density at radius 2 is 1.54 bits per heavy atom. The maximum absolute atomic E-state index is 8.11. The molecule has 0 saturated carbocycles. The van der Waals surface area contributed by atoms with Gasteiger partial charge >= 0.3 is 0 Å². The van der Waals surface area contributed by atoms with Gasteiger partial charge < -0.3 is 38.9 Å². The molecule has 4 unspecified atom stereocenters. The van der Waals surface area contributed by atoms with E-state index in [1.807, 2.05) is 13.8 Å². The van der Waals surface area contributed by atoms with E-state index in [1.54, 1.807) is 0 Å². The Balaban J connectivity index is 1.43. The van der Waals surface area contributed by atoms with Crippen LogP contribution >= 0.6 is 0 Å². The molecule has 2 aliphatic heterocycles. The molecule has 0 aromatic rings. The summed E-state index contributed by atoms with van der Waals surface area (Å²) in [5.41, 5.74) is 14.2. The molecule has 2 rings (SSSR count). The Labute approximate surface area is 165 Å². The van der Waals surface area contributed by atoms with Gasteiger partial charge in [-0.05, 0) is 19.4 Å². The number of nitrogens with zero attached hydrogens (tertiary/aromatic N) is 3. The molecule has 11 nitrogen and oxygen atoms in total. The number of azide groups is 1. The Bertz CT molecular complexity index is 490. The molecule has 0 amide bonds. The zero-order chi connectivity index (χ0) is 20.2. The molecule has 0 spiro atoms. The molecular formula is C17H32N4O7. The largest absolute Gasteiger partial charge is 0.379 e. The van der Waals surface area contributed by atoms with Gasteiger partial charge in [-0.25, -0.2) is 0 Å². The van der Waals surface area contributed by atoms with E-state index in [0.29, 0.717) is 66.0 Å². The van der Waals surface area contributed by atoms with Gasteiger partial charge in [0.05, 0.1) is 65.5 Å². The van der Waals surface area contributed by atoms with Crippen molar-refractivity contribution in [3.63, 3.8) is 0 Å². The molecule has 2 saturated heterocycles. The highest BCUT2D eigenvalue weighted by Gasteiger charge is 2.50. The minimum absolute atomic E-state index is 0.172. The summed E-state index contributed by atoms with van der Waals surface area (Å²) in [6.07, 6.45) is -0.593. The number of fused-ring (bicyclic) bond motifs is 1. The van der Waals surface area contributed by atoms with Crippen LogP contribution in [-0.4, -0.2) is 96.1 Å². The molecule has 2 fully saturated rings. The lowest BCUT2D eigenvalue weighted by molar-refractivity contribution is -0.160. The summed E-state index contributed by atoms with van der Waals surface area (Å²) in [6, 6.07) is -0.192. The number of nitrogens with two attached hydrogens (primary N) is 1. The third kappa shape index (κ3) is 8.16. The van der Waals surface area contributed by atoms with Gasteiger partial charge in [-0.3, -0.25) is 0 Å². The summed E-state index contributed by atoms with van der Waals surface area (Å²) in [6.45, 7) is 8.12. The van der Waals surface area contributed by atoms with Gasteiger partial charge in [0.25, 0.3) is 0 Å². The van der Waals surface area contributed by atoms with Gasteiger partial charge in [-0.2, -0.15) is 0 Å². The summed E-state index contributed by atoms with van der Waals surface area (Å²) >= 11 is 0. The number of ether oxygens (including phenoxy) is 7. The van der Waals surface area contributed by atoms with E-state index in [0.717, 1.165) is 0 Å². The second-order valence-electron chi connectivity index (χ2n) is 6.97. The molecule has 4 atom stereocenters. The van der Waals surface area contributed by atoms with Crippen LogP contribution in [0.4, 0.5) is 0 Å². The van der Waals surface area contributed by atoms with Crippen LogP contribution in [0.5, 0.6) is 0 Å². The van der Waals surface area contributed by atoms with Crippen LogP contribution in [0.1, 0.15) is 13.8 Å². The van der Waals surface area contributed by atoms with Gasteiger partial charge in [-0.1, -0.05) is 5.11 Å². The van der Waals surface area contributed by atoms with Crippen molar-refractivity contribution in [1.29, 1.82) is 0 Å². The van der Waals surface area contributed by atoms with E-state index >= 15 is 0 Å². The summed E-state index contributed by atoms with van der Waals surface area (Å²) in [5.74, 6) is -0.655. The molecule has 0 radical (unpaired) electrons. The number of hydrogen-bond donors (Lipinski definition) is 1. The van der Waals surface area contributed by atoms with Crippen LogP contribution in [0.3, 0.4) is 0 Å². The lowest BCUT2D eigenvalue weighted by atomic mass is 9.99. The Morgan fingerprint density at radius 3 is 2.18 bits per heavy atom. The van der Waals surface area contributed by atoms with Gasteiger partial charge in [0.1, 0.15) is 18.3 Å². The molecule has 28 heavy (non-hydrogen) atoms. The quantitative estimate of drug-likeness (QED) is 0.192. The predicted molar refractivity (Wildman–Crippen MR) is 98.8 cm³/mol. The lowest BCUT2D eigenvalue weighted by Gasteiger charge is -2.35. The van der Waals surface area contributed by atoms with E-state index < -0.39 is 5.79 Å². The zero-order valence-electron chi connectivity index (χ0n) is 16.7. The molecule has 2 heterocycles. The van der Waals surface area contributed by atoms with Crippen LogP contribution in [0, 0.1) is 0 Å². The topological polar surface area (TPSA) is 139 Å². The van der Waals surface area contributed by atoms with Crippen LogP contribution in [0.2, 0.25) is 0 Å². The second kappa shape index (κ2) is 12.5. The summed E-state index contributed by atoms with van der Waals surface area (Å²) in [4.78, 5) is 2.64. The fraction of sp³-hybridized carbons (Fsp3) is 1.00. The first-order valence-electron chi connectivity index (χ1n) is 9.58. The van der Waals surface area contributed by atoms with E-state index in [9.17, 15) is 0 Å². The van der Waals surface area contributed by atoms with Crippen molar-refractivity contribution >= 4 is 0 Å². The average molecular weight is 404 g/mol. The second-order valence-corrected chi connectivity index (χ2v) is 6.97. The number of hydrogen-bond acceptors (Lipinski definition) is 9. The summed E-state index contributed by atoms with van der Waals surface area (Å²) < 4.78 is 39.2. The average Bonchev–Trinajstić information content (AvgIpc) is 3.00. The Hall–Kier alpha value is -1.01. The van der Waals surface area contributed by atoms with Crippen molar-refractivity contribution in [3.8, 4) is 0 Å². The normalized spacial score (nSPS) is 28.7. The van der Waals surface area contributed by atoms with Crippen molar-refractivity contribution in [1.82, 2.24) is 0 Å². The monoisotopic (exact) mass is 404 g/mol. The minimum atomic E-state index is -0.655. The highest BCUT2D eigenvalue weighted by Crippen LogP contribution is 2.34. The van der Waals surface area contributed by atoms with Crippen molar-refractivity contribution in [3.05, 3.63) is 10.4 Å². The minimum Gasteiger partial charge on any atom is -0.379 e. The van der Waals surface area contributed by atoms with Crippen LogP contribution in [-0.2, 0) is 33.2 Å². The van der Waals surface area contributed by atoms with Crippen molar-refractivity contribution in [2.45, 2.75) is 44.0 Å². The molecular weight excluding hydrogens is 372 g/mol. The van der Waals surface area contributed by atoms with Gasteiger partial charge in [-0.15, -0.1) is 0 Å². The molecule has 162 valence electrons. The van der Waals surface area contributed by atoms with Crippen molar-refractivity contribution in [2.75, 3.05) is 66.0 Å². The molecule has 0 aromatic heterocycles. The molecule has 2 N–H and O–H groups in total. The van der Waals surface area contributed by atoms with Crippen LogP contribution < -0.4 is 5.73 Å². The first-order valence-corrected chi connectivity index (χ1v) is 9.58. The fourth-order valence-corrected chi connectivity index (χ4v) is 3.01. The maximum Gasteiger partial charge on any atom is 0.163 e. The summed E-state index contributed by atoms with van der Waals surface area (Å²) in [7, 11) is 0. The first-order chi connectivity index (χ1) is 13.5. The smallest absolute Gasteiger partial charge is 0.163 e. The third-order valence-corrected chi connectivity index (χ3v) is 4.25. The fourth-order valence-electron chi connectivity index (χ4n) is 3.01. The van der Waals surface area contributed by atoms with Crippen LogP contribution in [0.15, 0.2) is 5.11 Å². The summed E-state index contributed by atoms with van der Waals surface area (Å²) in [5, 5.41) is 3.37. The van der Waals surface area contributed by atoms with E-state index in [4.69, 9.17) is 44.4 Å². The SMILES string of the molecule is CC1(C)OC2C(N)COC(COCCOCCOCCOCCN=[N+]=[N-])C2O1. The lowest BCUT2D eigenvalue weighted by Crippen LogP contribution is -2.56. The molecule has 11 heteroatoms. The predicted octanol–water partition coefficient (Wildman–Crippen LogP) is 0.609. The standard InChI is InChI=1S/C17H32N4O7/c1-17(2)27-15-13(18)11-26-14(16(15)28-17)12-25-10-9-24-8-7-23-6-5-22-4-3-20-21-19/h13-16H,3-12,18H2,1-2H3. The van der Waals surface area contributed by atoms with Gasteiger partial charge in [0.15, 0.2) is 5.79 Å². The Morgan fingerprint density at radius 1 is 0.964 bits per heavy atom. The molecule has 0 aromatic carbocycles. The van der Waals surface area contributed by atoms with Crippen molar-refractivity contribution in [2.24, 2.45) is 10.8 Å². The highest BCUT2D eigenvalue weighted by molar-refractivity contribution is 4.96.